The number of ether oxygens (including phenoxy) is 1. The van der Waals surface area contributed by atoms with E-state index in [-0.39, 0.29) is 11.4 Å². The molecule has 0 heterocycles. The van der Waals surface area contributed by atoms with Crippen LogP contribution in [-0.4, -0.2) is 19.1 Å². The van der Waals surface area contributed by atoms with Crippen molar-refractivity contribution in [1.29, 1.82) is 0 Å². The lowest BCUT2D eigenvalue weighted by atomic mass is 9.71. The maximum Gasteiger partial charge on any atom is 0.323 e. The third-order valence-electron chi connectivity index (χ3n) is 4.28. The average molecular weight is 227 g/mol. The van der Waals surface area contributed by atoms with Crippen LogP contribution in [0.15, 0.2) is 0 Å². The van der Waals surface area contributed by atoms with Crippen molar-refractivity contribution in [2.24, 2.45) is 22.5 Å². The third-order valence-corrected chi connectivity index (χ3v) is 4.28. The lowest BCUT2D eigenvalue weighted by Gasteiger charge is -2.36. The maximum atomic E-state index is 11.5. The molecule has 1 aliphatic rings. The van der Waals surface area contributed by atoms with E-state index in [0.717, 1.165) is 12.8 Å². The van der Waals surface area contributed by atoms with E-state index in [4.69, 9.17) is 10.5 Å². The predicted molar refractivity (Wildman–Crippen MR) is 64.9 cm³/mol. The van der Waals surface area contributed by atoms with Gasteiger partial charge in [0.1, 0.15) is 6.04 Å². The van der Waals surface area contributed by atoms with E-state index in [1.807, 2.05) is 0 Å². The van der Waals surface area contributed by atoms with E-state index in [2.05, 4.69) is 27.7 Å². The number of hydrogen-bond acceptors (Lipinski definition) is 3. The topological polar surface area (TPSA) is 52.3 Å². The fourth-order valence-corrected chi connectivity index (χ4v) is 2.76. The Morgan fingerprint density at radius 2 is 2.06 bits per heavy atom. The second kappa shape index (κ2) is 4.36. The van der Waals surface area contributed by atoms with Crippen LogP contribution in [0.3, 0.4) is 0 Å². The van der Waals surface area contributed by atoms with Gasteiger partial charge < -0.3 is 10.5 Å². The minimum atomic E-state index is -0.517. The second-order valence-electron chi connectivity index (χ2n) is 6.43. The fourth-order valence-electron chi connectivity index (χ4n) is 2.76. The molecule has 0 aromatic heterocycles. The standard InChI is InChI=1S/C13H25NO2/c1-12(2)7-6-9(8-12)13(3,4)10(14)11(15)16-5/h9-10H,6-8,14H2,1-5H3. The summed E-state index contributed by atoms with van der Waals surface area (Å²) >= 11 is 0. The number of esters is 1. The molecule has 1 aliphatic carbocycles. The third kappa shape index (κ3) is 2.57. The summed E-state index contributed by atoms with van der Waals surface area (Å²) in [4.78, 5) is 11.5. The molecule has 0 aromatic carbocycles. The quantitative estimate of drug-likeness (QED) is 0.753. The van der Waals surface area contributed by atoms with Crippen molar-refractivity contribution in [3.05, 3.63) is 0 Å². The Morgan fingerprint density at radius 1 is 1.50 bits per heavy atom. The van der Waals surface area contributed by atoms with E-state index in [1.54, 1.807) is 0 Å². The summed E-state index contributed by atoms with van der Waals surface area (Å²) < 4.78 is 4.75. The zero-order valence-corrected chi connectivity index (χ0v) is 11.2. The predicted octanol–water partition coefficient (Wildman–Crippen LogP) is 2.34. The lowest BCUT2D eigenvalue weighted by Crippen LogP contribution is -2.48. The van der Waals surface area contributed by atoms with Crippen molar-refractivity contribution in [3.8, 4) is 0 Å². The molecule has 2 unspecified atom stereocenters. The molecule has 3 heteroatoms. The highest BCUT2D eigenvalue weighted by Crippen LogP contribution is 2.49. The molecule has 3 nitrogen and oxygen atoms in total. The van der Waals surface area contributed by atoms with Gasteiger partial charge in [-0.3, -0.25) is 4.79 Å². The minimum Gasteiger partial charge on any atom is -0.468 e. The first-order valence-electron chi connectivity index (χ1n) is 6.04. The zero-order valence-electron chi connectivity index (χ0n) is 11.2. The number of carbonyl (C=O) groups is 1. The monoisotopic (exact) mass is 227 g/mol. The first kappa shape index (κ1) is 13.5. The Morgan fingerprint density at radius 3 is 2.44 bits per heavy atom. The van der Waals surface area contributed by atoms with E-state index in [0.29, 0.717) is 11.3 Å². The molecular formula is C13H25NO2. The smallest absolute Gasteiger partial charge is 0.323 e. The largest absolute Gasteiger partial charge is 0.468 e. The summed E-state index contributed by atoms with van der Waals surface area (Å²) in [5.41, 5.74) is 6.21. The number of methoxy groups -OCH3 is 1. The van der Waals surface area contributed by atoms with Crippen LogP contribution in [0.2, 0.25) is 0 Å². The normalized spacial score (nSPS) is 26.5. The summed E-state index contributed by atoms with van der Waals surface area (Å²) in [6.45, 7) is 8.74. The summed E-state index contributed by atoms with van der Waals surface area (Å²) in [5, 5.41) is 0. The molecular weight excluding hydrogens is 202 g/mol. The first-order chi connectivity index (χ1) is 7.20. The molecule has 0 spiro atoms. The number of rotatable bonds is 3. The number of nitrogens with two attached hydrogens (primary N) is 1. The molecule has 0 radical (unpaired) electrons. The van der Waals surface area contributed by atoms with Crippen molar-refractivity contribution in [3.63, 3.8) is 0 Å². The first-order valence-corrected chi connectivity index (χ1v) is 6.04. The summed E-state index contributed by atoms with van der Waals surface area (Å²) in [7, 11) is 1.40. The molecule has 1 saturated carbocycles. The van der Waals surface area contributed by atoms with E-state index >= 15 is 0 Å². The van der Waals surface area contributed by atoms with Gasteiger partial charge in [-0.25, -0.2) is 0 Å². The van der Waals surface area contributed by atoms with Crippen molar-refractivity contribution in [2.75, 3.05) is 7.11 Å². The van der Waals surface area contributed by atoms with Crippen LogP contribution < -0.4 is 5.73 Å². The molecule has 2 N–H and O–H groups in total. The van der Waals surface area contributed by atoms with Gasteiger partial charge in [0.25, 0.3) is 0 Å². The lowest BCUT2D eigenvalue weighted by molar-refractivity contribution is -0.146. The number of carbonyl (C=O) groups excluding carboxylic acids is 1. The Kier molecular flexibility index (Phi) is 3.68. The van der Waals surface area contributed by atoms with Crippen LogP contribution in [0.4, 0.5) is 0 Å². The van der Waals surface area contributed by atoms with Gasteiger partial charge >= 0.3 is 5.97 Å². The molecule has 0 aromatic rings. The van der Waals surface area contributed by atoms with E-state index in [9.17, 15) is 4.79 Å². The van der Waals surface area contributed by atoms with E-state index < -0.39 is 6.04 Å². The van der Waals surface area contributed by atoms with Crippen LogP contribution in [0.5, 0.6) is 0 Å². The average Bonchev–Trinajstić information content (AvgIpc) is 2.57. The van der Waals surface area contributed by atoms with Gasteiger partial charge in [-0.15, -0.1) is 0 Å². The van der Waals surface area contributed by atoms with Gasteiger partial charge in [-0.05, 0) is 36.0 Å². The van der Waals surface area contributed by atoms with Crippen molar-refractivity contribution >= 4 is 5.97 Å². The van der Waals surface area contributed by atoms with E-state index in [1.165, 1.54) is 13.5 Å². The van der Waals surface area contributed by atoms with Crippen molar-refractivity contribution in [2.45, 2.75) is 53.0 Å². The Bertz CT molecular complexity index is 271. The van der Waals surface area contributed by atoms with Crippen LogP contribution in [0.25, 0.3) is 0 Å². The molecule has 16 heavy (non-hydrogen) atoms. The maximum absolute atomic E-state index is 11.5. The molecule has 1 rings (SSSR count). The molecule has 0 amide bonds. The van der Waals surface area contributed by atoms with Gasteiger partial charge in [0, 0.05) is 0 Å². The number of hydrogen-bond donors (Lipinski definition) is 1. The highest BCUT2D eigenvalue weighted by molar-refractivity contribution is 5.76. The molecule has 0 aliphatic heterocycles. The highest BCUT2D eigenvalue weighted by atomic mass is 16.5. The molecule has 1 fully saturated rings. The van der Waals surface area contributed by atoms with Crippen LogP contribution in [-0.2, 0) is 9.53 Å². The van der Waals surface area contributed by atoms with Crippen molar-refractivity contribution < 1.29 is 9.53 Å². The van der Waals surface area contributed by atoms with Gasteiger partial charge in [0.2, 0.25) is 0 Å². The summed E-state index contributed by atoms with van der Waals surface area (Å²) in [6, 6.07) is -0.517. The SMILES string of the molecule is COC(=O)C(N)C(C)(C)C1CCC(C)(C)C1. The van der Waals surface area contributed by atoms with Gasteiger partial charge in [0.05, 0.1) is 7.11 Å². The Hall–Kier alpha value is -0.570. The van der Waals surface area contributed by atoms with Crippen LogP contribution >= 0.6 is 0 Å². The fraction of sp³-hybridized carbons (Fsp3) is 0.923. The molecule has 94 valence electrons. The second-order valence-corrected chi connectivity index (χ2v) is 6.43. The molecule has 0 saturated heterocycles. The molecule has 2 atom stereocenters. The van der Waals surface area contributed by atoms with Crippen LogP contribution in [0, 0.1) is 16.7 Å². The van der Waals surface area contributed by atoms with Gasteiger partial charge in [-0.1, -0.05) is 27.7 Å². The molecule has 0 bridgehead atoms. The Balaban J connectivity index is 2.74. The van der Waals surface area contributed by atoms with Gasteiger partial charge in [-0.2, -0.15) is 0 Å². The summed E-state index contributed by atoms with van der Waals surface area (Å²) in [5.74, 6) is 0.214. The Labute approximate surface area is 98.7 Å². The minimum absolute atomic E-state index is 0.180. The zero-order chi connectivity index (χ0) is 12.6. The van der Waals surface area contributed by atoms with Crippen molar-refractivity contribution in [1.82, 2.24) is 0 Å². The highest BCUT2D eigenvalue weighted by Gasteiger charge is 2.45. The van der Waals surface area contributed by atoms with Crippen LogP contribution in [0.1, 0.15) is 47.0 Å². The summed E-state index contributed by atoms with van der Waals surface area (Å²) in [6.07, 6.45) is 3.52. The van der Waals surface area contributed by atoms with Gasteiger partial charge in [0.15, 0.2) is 0 Å².